The largest absolute Gasteiger partial charge is 0.452 e. The van der Waals surface area contributed by atoms with Gasteiger partial charge >= 0.3 is 12.6 Å². The molecule has 3 rings (SSSR count). The predicted molar refractivity (Wildman–Crippen MR) is 113 cm³/mol. The van der Waals surface area contributed by atoms with Crippen LogP contribution >= 0.6 is 11.6 Å². The van der Waals surface area contributed by atoms with E-state index in [1.165, 1.54) is 35.2 Å². The predicted octanol–water partition coefficient (Wildman–Crippen LogP) is 3.58. The second kappa shape index (κ2) is 10.9. The van der Waals surface area contributed by atoms with Crippen molar-refractivity contribution in [2.45, 2.75) is 25.9 Å². The van der Waals surface area contributed by atoms with E-state index in [2.05, 4.69) is 10.1 Å². The highest BCUT2D eigenvalue weighted by Gasteiger charge is 2.27. The Labute approximate surface area is 188 Å². The number of ether oxygens (including phenoxy) is 2. The molecule has 10 heteroatoms. The van der Waals surface area contributed by atoms with Gasteiger partial charge in [0.1, 0.15) is 5.75 Å². The SMILES string of the molecule is O=C(COC(=O)c1ccc(Cl)cc1N1CCCC1=O)NCCc1ccc(OC(F)F)cc1. The van der Waals surface area contributed by atoms with Gasteiger partial charge in [0.05, 0.1) is 11.3 Å². The molecule has 0 saturated carbocycles. The number of hydrogen-bond acceptors (Lipinski definition) is 5. The van der Waals surface area contributed by atoms with Gasteiger partial charge in [-0.3, -0.25) is 9.59 Å². The number of alkyl halides is 2. The van der Waals surface area contributed by atoms with Gasteiger partial charge < -0.3 is 19.7 Å². The summed E-state index contributed by atoms with van der Waals surface area (Å²) in [6.45, 7) is -2.63. The van der Waals surface area contributed by atoms with E-state index >= 15 is 0 Å². The van der Waals surface area contributed by atoms with Crippen molar-refractivity contribution >= 4 is 35.1 Å². The van der Waals surface area contributed by atoms with Gasteiger partial charge in [-0.05, 0) is 48.7 Å². The molecule has 1 N–H and O–H groups in total. The third-order valence-corrected chi connectivity index (χ3v) is 5.00. The average molecular weight is 467 g/mol. The Kier molecular flexibility index (Phi) is 7.99. The fourth-order valence-corrected chi connectivity index (χ4v) is 3.41. The minimum absolute atomic E-state index is 0.0527. The first kappa shape index (κ1) is 23.5. The molecule has 0 unspecified atom stereocenters. The summed E-state index contributed by atoms with van der Waals surface area (Å²) >= 11 is 6.02. The van der Waals surface area contributed by atoms with Crippen LogP contribution in [0.25, 0.3) is 0 Å². The molecule has 1 fully saturated rings. The Balaban J connectivity index is 1.48. The molecule has 1 aliphatic heterocycles. The first-order chi connectivity index (χ1) is 15.3. The number of benzene rings is 2. The van der Waals surface area contributed by atoms with E-state index in [4.69, 9.17) is 16.3 Å². The van der Waals surface area contributed by atoms with Crippen molar-refractivity contribution in [1.82, 2.24) is 5.32 Å². The number of hydrogen-bond donors (Lipinski definition) is 1. The number of amides is 2. The average Bonchev–Trinajstić information content (AvgIpc) is 3.18. The normalized spacial score (nSPS) is 13.4. The van der Waals surface area contributed by atoms with E-state index in [0.29, 0.717) is 36.5 Å². The first-order valence-electron chi connectivity index (χ1n) is 9.91. The highest BCUT2D eigenvalue weighted by Crippen LogP contribution is 2.29. The molecule has 0 spiro atoms. The summed E-state index contributed by atoms with van der Waals surface area (Å²) in [5.41, 5.74) is 1.33. The van der Waals surface area contributed by atoms with Crippen molar-refractivity contribution in [3.05, 3.63) is 58.6 Å². The second-order valence-electron chi connectivity index (χ2n) is 7.01. The van der Waals surface area contributed by atoms with Crippen molar-refractivity contribution in [1.29, 1.82) is 0 Å². The van der Waals surface area contributed by atoms with Crippen LogP contribution in [0.2, 0.25) is 5.02 Å². The van der Waals surface area contributed by atoms with Crippen molar-refractivity contribution in [3.8, 4) is 5.75 Å². The monoisotopic (exact) mass is 466 g/mol. The third-order valence-electron chi connectivity index (χ3n) is 4.76. The molecule has 0 bridgehead atoms. The van der Waals surface area contributed by atoms with Crippen LogP contribution in [-0.4, -0.2) is 44.1 Å². The van der Waals surface area contributed by atoms with Crippen LogP contribution in [0.3, 0.4) is 0 Å². The quantitative estimate of drug-likeness (QED) is 0.571. The highest BCUT2D eigenvalue weighted by atomic mass is 35.5. The van der Waals surface area contributed by atoms with Crippen LogP contribution in [0, 0.1) is 0 Å². The van der Waals surface area contributed by atoms with Gasteiger partial charge in [-0.25, -0.2) is 4.79 Å². The fourth-order valence-electron chi connectivity index (χ4n) is 3.25. The van der Waals surface area contributed by atoms with Crippen molar-refractivity contribution < 1.29 is 32.6 Å². The number of rotatable bonds is 9. The van der Waals surface area contributed by atoms with E-state index < -0.39 is 25.1 Å². The highest BCUT2D eigenvalue weighted by molar-refractivity contribution is 6.31. The van der Waals surface area contributed by atoms with Gasteiger partial charge in [-0.15, -0.1) is 0 Å². The van der Waals surface area contributed by atoms with Gasteiger partial charge in [0, 0.05) is 24.5 Å². The Morgan fingerprint density at radius 3 is 2.56 bits per heavy atom. The number of carbonyl (C=O) groups is 3. The zero-order chi connectivity index (χ0) is 23.1. The molecule has 1 aliphatic rings. The number of carbonyl (C=O) groups excluding carboxylic acids is 3. The number of halogens is 3. The van der Waals surface area contributed by atoms with Gasteiger partial charge in [0.2, 0.25) is 5.91 Å². The summed E-state index contributed by atoms with van der Waals surface area (Å²) in [7, 11) is 0. The zero-order valence-corrected chi connectivity index (χ0v) is 17.7. The van der Waals surface area contributed by atoms with E-state index in [1.54, 1.807) is 12.1 Å². The maximum absolute atomic E-state index is 12.5. The van der Waals surface area contributed by atoms with Gasteiger partial charge in [-0.2, -0.15) is 8.78 Å². The third kappa shape index (κ3) is 6.40. The molecule has 2 aromatic rings. The summed E-state index contributed by atoms with van der Waals surface area (Å²) in [5.74, 6) is -1.28. The topological polar surface area (TPSA) is 84.9 Å². The van der Waals surface area contributed by atoms with Crippen molar-refractivity contribution in [3.63, 3.8) is 0 Å². The lowest BCUT2D eigenvalue weighted by atomic mass is 10.1. The molecule has 7 nitrogen and oxygen atoms in total. The Morgan fingerprint density at radius 2 is 1.91 bits per heavy atom. The molecule has 0 radical (unpaired) electrons. The molecule has 2 amide bonds. The Hall–Kier alpha value is -3.20. The first-order valence-corrected chi connectivity index (χ1v) is 10.3. The summed E-state index contributed by atoms with van der Waals surface area (Å²) in [6, 6.07) is 10.6. The summed E-state index contributed by atoms with van der Waals surface area (Å²) in [5, 5.41) is 3.00. The van der Waals surface area contributed by atoms with Gasteiger partial charge in [0.15, 0.2) is 6.61 Å². The second-order valence-corrected chi connectivity index (χ2v) is 7.45. The van der Waals surface area contributed by atoms with Crippen molar-refractivity contribution in [2.24, 2.45) is 0 Å². The van der Waals surface area contributed by atoms with Crippen LogP contribution in [0.15, 0.2) is 42.5 Å². The summed E-state index contributed by atoms with van der Waals surface area (Å²) < 4.78 is 33.7. The van der Waals surface area contributed by atoms with Crippen LogP contribution in [0.4, 0.5) is 14.5 Å². The molecule has 170 valence electrons. The molecular weight excluding hydrogens is 446 g/mol. The van der Waals surface area contributed by atoms with E-state index in [0.717, 1.165) is 5.56 Å². The molecule has 2 aromatic carbocycles. The molecule has 0 aliphatic carbocycles. The van der Waals surface area contributed by atoms with Crippen LogP contribution in [0.5, 0.6) is 5.75 Å². The molecule has 1 saturated heterocycles. The number of nitrogens with zero attached hydrogens (tertiary/aromatic N) is 1. The number of anilines is 1. The smallest absolute Gasteiger partial charge is 0.387 e. The van der Waals surface area contributed by atoms with Crippen molar-refractivity contribution in [2.75, 3.05) is 24.6 Å². The summed E-state index contributed by atoms with van der Waals surface area (Å²) in [4.78, 5) is 38.1. The van der Waals surface area contributed by atoms with E-state index in [-0.39, 0.29) is 23.8 Å². The maximum Gasteiger partial charge on any atom is 0.387 e. The lowest BCUT2D eigenvalue weighted by molar-refractivity contribution is -0.124. The van der Waals surface area contributed by atoms with Gasteiger partial charge in [0.25, 0.3) is 5.91 Å². The van der Waals surface area contributed by atoms with Gasteiger partial charge in [-0.1, -0.05) is 23.7 Å². The number of nitrogens with one attached hydrogen (secondary N) is 1. The standard InChI is InChI=1S/C22H21ClF2N2O5/c23-15-5-8-17(18(12-15)27-11-1-2-20(27)29)21(30)31-13-19(28)26-10-9-14-3-6-16(7-4-14)32-22(24)25/h3-8,12,22H,1-2,9-11,13H2,(H,26,28). The fraction of sp³-hybridized carbons (Fsp3) is 0.318. The number of esters is 1. The maximum atomic E-state index is 12.5. The van der Waals surface area contributed by atoms with Crippen LogP contribution < -0.4 is 15.0 Å². The molecule has 1 heterocycles. The molecule has 0 atom stereocenters. The lowest BCUT2D eigenvalue weighted by Gasteiger charge is -2.19. The van der Waals surface area contributed by atoms with Crippen LogP contribution in [0.1, 0.15) is 28.8 Å². The minimum Gasteiger partial charge on any atom is -0.452 e. The lowest BCUT2D eigenvalue weighted by Crippen LogP contribution is -2.31. The Bertz CT molecular complexity index is 985. The molecule has 0 aromatic heterocycles. The zero-order valence-electron chi connectivity index (χ0n) is 17.0. The molecular formula is C22H21ClF2N2O5. The van der Waals surface area contributed by atoms with E-state index in [9.17, 15) is 23.2 Å². The van der Waals surface area contributed by atoms with E-state index in [1.807, 2.05) is 0 Å². The summed E-state index contributed by atoms with van der Waals surface area (Å²) in [6.07, 6.45) is 1.53. The minimum atomic E-state index is -2.89. The Morgan fingerprint density at radius 1 is 1.16 bits per heavy atom. The van der Waals surface area contributed by atoms with Crippen LogP contribution in [-0.2, 0) is 20.7 Å². The molecule has 32 heavy (non-hydrogen) atoms.